The Hall–Kier alpha value is -3.30. The summed E-state index contributed by atoms with van der Waals surface area (Å²) in [5.41, 5.74) is 1.75. The van der Waals surface area contributed by atoms with Gasteiger partial charge in [0.05, 0.1) is 7.11 Å². The van der Waals surface area contributed by atoms with E-state index in [0.717, 1.165) is 30.0 Å². The summed E-state index contributed by atoms with van der Waals surface area (Å²) in [4.78, 5) is 31.5. The molecule has 1 amide bonds. The molecule has 1 N–H and O–H groups in total. The SMILES string of the molecule is COc1cc(NC2CCN(C(=O)c3nc4nc(C)cc(C)n4n3)CC2)ncn1. The number of hydrogen-bond acceptors (Lipinski definition) is 8. The second-order valence-corrected chi connectivity index (χ2v) is 6.84. The molecule has 1 aliphatic rings. The Bertz CT molecular complexity index is 1010. The number of hydrogen-bond donors (Lipinski definition) is 1. The molecular formula is C18H22N8O2. The van der Waals surface area contributed by atoms with Gasteiger partial charge in [0, 0.05) is 36.6 Å². The number of methoxy groups -OCH3 is 1. The molecule has 4 heterocycles. The maximum atomic E-state index is 12.8. The number of aryl methyl sites for hydroxylation is 2. The first-order chi connectivity index (χ1) is 13.5. The number of nitrogens with one attached hydrogen (secondary N) is 1. The summed E-state index contributed by atoms with van der Waals surface area (Å²) >= 11 is 0. The van der Waals surface area contributed by atoms with Crippen LogP contribution in [0.4, 0.5) is 5.82 Å². The smallest absolute Gasteiger partial charge is 0.293 e. The minimum atomic E-state index is -0.162. The van der Waals surface area contributed by atoms with Crippen molar-refractivity contribution >= 4 is 17.5 Å². The third-order valence-corrected chi connectivity index (χ3v) is 4.79. The van der Waals surface area contributed by atoms with Crippen molar-refractivity contribution in [3.63, 3.8) is 0 Å². The molecule has 0 spiro atoms. The highest BCUT2D eigenvalue weighted by atomic mass is 16.5. The molecule has 0 atom stereocenters. The Labute approximate surface area is 162 Å². The monoisotopic (exact) mass is 382 g/mol. The number of nitrogens with zero attached hydrogens (tertiary/aromatic N) is 7. The number of piperidine rings is 1. The average molecular weight is 382 g/mol. The first-order valence-electron chi connectivity index (χ1n) is 9.16. The van der Waals surface area contributed by atoms with E-state index < -0.39 is 0 Å². The van der Waals surface area contributed by atoms with Crippen LogP contribution in [-0.2, 0) is 0 Å². The molecule has 146 valence electrons. The van der Waals surface area contributed by atoms with Crippen molar-refractivity contribution in [2.45, 2.75) is 32.7 Å². The second-order valence-electron chi connectivity index (χ2n) is 6.84. The third kappa shape index (κ3) is 3.57. The zero-order valence-electron chi connectivity index (χ0n) is 16.1. The lowest BCUT2D eigenvalue weighted by Gasteiger charge is -2.31. The largest absolute Gasteiger partial charge is 0.481 e. The molecule has 0 aliphatic carbocycles. The fraction of sp³-hybridized carbons (Fsp3) is 0.444. The molecular weight excluding hydrogens is 360 g/mol. The molecule has 10 heteroatoms. The summed E-state index contributed by atoms with van der Waals surface area (Å²) < 4.78 is 6.73. The van der Waals surface area contributed by atoms with Gasteiger partial charge in [0.15, 0.2) is 0 Å². The number of carbonyl (C=O) groups is 1. The van der Waals surface area contributed by atoms with Gasteiger partial charge < -0.3 is 15.0 Å². The maximum absolute atomic E-state index is 12.8. The van der Waals surface area contributed by atoms with Gasteiger partial charge in [-0.2, -0.15) is 4.98 Å². The van der Waals surface area contributed by atoms with Gasteiger partial charge in [0.2, 0.25) is 11.7 Å². The van der Waals surface area contributed by atoms with E-state index in [1.807, 2.05) is 19.9 Å². The molecule has 3 aromatic rings. The first kappa shape index (κ1) is 18.1. The predicted octanol–water partition coefficient (Wildman–Crippen LogP) is 1.26. The Morgan fingerprint density at radius 2 is 1.96 bits per heavy atom. The standard InChI is InChI=1S/C18H22N8O2/c1-11-8-12(2)26-18(21-11)23-16(24-26)17(27)25-6-4-13(5-7-25)22-14-9-15(28-3)20-10-19-14/h8-10,13H,4-7H2,1-3H3,(H,19,20,22). The van der Waals surface area contributed by atoms with E-state index in [9.17, 15) is 4.79 Å². The van der Waals surface area contributed by atoms with Gasteiger partial charge in [-0.3, -0.25) is 4.79 Å². The fourth-order valence-corrected chi connectivity index (χ4v) is 3.36. The van der Waals surface area contributed by atoms with Crippen molar-refractivity contribution in [2.75, 3.05) is 25.5 Å². The number of amides is 1. The molecule has 0 radical (unpaired) electrons. The number of aromatic nitrogens is 6. The van der Waals surface area contributed by atoms with Crippen molar-refractivity contribution < 1.29 is 9.53 Å². The van der Waals surface area contributed by atoms with Crippen molar-refractivity contribution in [1.29, 1.82) is 0 Å². The van der Waals surface area contributed by atoms with Crippen LogP contribution in [0.5, 0.6) is 5.88 Å². The molecule has 1 aliphatic heterocycles. The molecule has 0 saturated carbocycles. The summed E-state index contributed by atoms with van der Waals surface area (Å²) in [6, 6.07) is 3.90. The molecule has 1 fully saturated rings. The number of carbonyl (C=O) groups excluding carboxylic acids is 1. The lowest BCUT2D eigenvalue weighted by Crippen LogP contribution is -2.42. The highest BCUT2D eigenvalue weighted by molar-refractivity contribution is 5.91. The number of rotatable bonds is 4. The van der Waals surface area contributed by atoms with Gasteiger partial charge >= 0.3 is 0 Å². The highest BCUT2D eigenvalue weighted by Gasteiger charge is 2.26. The summed E-state index contributed by atoms with van der Waals surface area (Å²) in [5.74, 6) is 1.71. The molecule has 0 unspecified atom stereocenters. The number of likely N-dealkylation sites (tertiary alicyclic amines) is 1. The van der Waals surface area contributed by atoms with Crippen LogP contribution in [0.2, 0.25) is 0 Å². The maximum Gasteiger partial charge on any atom is 0.293 e. The Balaban J connectivity index is 1.40. The van der Waals surface area contributed by atoms with E-state index in [0.29, 0.717) is 24.7 Å². The summed E-state index contributed by atoms with van der Waals surface area (Å²) in [5, 5.41) is 7.72. The van der Waals surface area contributed by atoms with E-state index in [2.05, 4.69) is 30.4 Å². The van der Waals surface area contributed by atoms with Crippen LogP contribution >= 0.6 is 0 Å². The minimum Gasteiger partial charge on any atom is -0.481 e. The van der Waals surface area contributed by atoms with Gasteiger partial charge in [-0.1, -0.05) is 0 Å². The third-order valence-electron chi connectivity index (χ3n) is 4.79. The molecule has 10 nitrogen and oxygen atoms in total. The lowest BCUT2D eigenvalue weighted by molar-refractivity contribution is 0.0706. The molecule has 0 bridgehead atoms. The molecule has 3 aromatic heterocycles. The van der Waals surface area contributed by atoms with Gasteiger partial charge in [-0.15, -0.1) is 5.10 Å². The predicted molar refractivity (Wildman–Crippen MR) is 101 cm³/mol. The minimum absolute atomic E-state index is 0.162. The zero-order chi connectivity index (χ0) is 19.7. The van der Waals surface area contributed by atoms with Crippen LogP contribution < -0.4 is 10.1 Å². The van der Waals surface area contributed by atoms with E-state index in [-0.39, 0.29) is 17.8 Å². The fourth-order valence-electron chi connectivity index (χ4n) is 3.36. The van der Waals surface area contributed by atoms with E-state index in [1.165, 1.54) is 6.33 Å². The van der Waals surface area contributed by atoms with Crippen molar-refractivity contribution in [2.24, 2.45) is 0 Å². The van der Waals surface area contributed by atoms with E-state index in [1.54, 1.807) is 22.6 Å². The van der Waals surface area contributed by atoms with Crippen LogP contribution in [0.1, 0.15) is 34.8 Å². The normalized spacial score (nSPS) is 15.0. The Morgan fingerprint density at radius 3 is 2.71 bits per heavy atom. The molecule has 28 heavy (non-hydrogen) atoms. The van der Waals surface area contributed by atoms with Crippen molar-refractivity contribution in [3.05, 3.63) is 35.7 Å². The summed E-state index contributed by atoms with van der Waals surface area (Å²) in [6.07, 6.45) is 3.08. The second kappa shape index (κ2) is 7.37. The van der Waals surface area contributed by atoms with Crippen molar-refractivity contribution in [1.82, 2.24) is 34.4 Å². The van der Waals surface area contributed by atoms with Crippen LogP contribution in [0, 0.1) is 13.8 Å². The number of fused-ring (bicyclic) bond motifs is 1. The van der Waals surface area contributed by atoms with Gasteiger partial charge in [-0.25, -0.2) is 19.5 Å². The van der Waals surface area contributed by atoms with Gasteiger partial charge in [0.25, 0.3) is 11.7 Å². The van der Waals surface area contributed by atoms with E-state index >= 15 is 0 Å². The first-order valence-corrected chi connectivity index (χ1v) is 9.16. The number of ether oxygens (including phenoxy) is 1. The highest BCUT2D eigenvalue weighted by Crippen LogP contribution is 2.18. The van der Waals surface area contributed by atoms with E-state index in [4.69, 9.17) is 4.74 Å². The van der Waals surface area contributed by atoms with Gasteiger partial charge in [0.1, 0.15) is 12.1 Å². The van der Waals surface area contributed by atoms with Crippen LogP contribution in [0.25, 0.3) is 5.78 Å². The quantitative estimate of drug-likeness (QED) is 0.718. The molecule has 1 saturated heterocycles. The topological polar surface area (TPSA) is 110 Å². The van der Waals surface area contributed by atoms with Crippen molar-refractivity contribution in [3.8, 4) is 5.88 Å². The molecule has 4 rings (SSSR count). The number of anilines is 1. The zero-order valence-corrected chi connectivity index (χ0v) is 16.1. The van der Waals surface area contributed by atoms with Crippen LogP contribution in [-0.4, -0.2) is 66.6 Å². The Kier molecular flexibility index (Phi) is 4.76. The van der Waals surface area contributed by atoms with Gasteiger partial charge in [-0.05, 0) is 32.8 Å². The van der Waals surface area contributed by atoms with Crippen LogP contribution in [0.15, 0.2) is 18.5 Å². The molecule has 0 aromatic carbocycles. The average Bonchev–Trinajstić information content (AvgIpc) is 3.12. The Morgan fingerprint density at radius 1 is 1.18 bits per heavy atom. The van der Waals surface area contributed by atoms with Crippen LogP contribution in [0.3, 0.4) is 0 Å². The summed E-state index contributed by atoms with van der Waals surface area (Å²) in [7, 11) is 1.57. The lowest BCUT2D eigenvalue weighted by atomic mass is 10.0. The summed E-state index contributed by atoms with van der Waals surface area (Å²) in [6.45, 7) is 5.07.